The van der Waals surface area contributed by atoms with Crippen molar-refractivity contribution in [1.29, 1.82) is 0 Å². The van der Waals surface area contributed by atoms with Gasteiger partial charge in [0, 0.05) is 6.54 Å². The van der Waals surface area contributed by atoms with Gasteiger partial charge in [0.2, 0.25) is 0 Å². The van der Waals surface area contributed by atoms with Crippen LogP contribution in [-0.2, 0) is 0 Å². The third-order valence-electron chi connectivity index (χ3n) is 3.66. The summed E-state index contributed by atoms with van der Waals surface area (Å²) in [6.07, 6.45) is 4.06. The molecule has 0 aliphatic heterocycles. The van der Waals surface area contributed by atoms with Crippen molar-refractivity contribution in [3.05, 3.63) is 30.3 Å². The number of carbonyl (C=O) groups is 1. The van der Waals surface area contributed by atoms with Gasteiger partial charge in [-0.1, -0.05) is 31.0 Å². The predicted octanol–water partition coefficient (Wildman–Crippen LogP) is 2.06. The van der Waals surface area contributed by atoms with Crippen LogP contribution in [0.25, 0.3) is 0 Å². The van der Waals surface area contributed by atoms with E-state index in [1.54, 1.807) is 0 Å². The fraction of sp³-hybridized carbons (Fsp3) is 0.562. The van der Waals surface area contributed by atoms with Crippen molar-refractivity contribution in [3.8, 4) is 5.75 Å². The van der Waals surface area contributed by atoms with Gasteiger partial charge in [-0.15, -0.1) is 0 Å². The van der Waals surface area contributed by atoms with Crippen LogP contribution in [0.5, 0.6) is 5.75 Å². The van der Waals surface area contributed by atoms with E-state index in [0.717, 1.165) is 37.9 Å². The third-order valence-corrected chi connectivity index (χ3v) is 3.66. The number of aliphatic hydroxyl groups is 1. The molecule has 5 heteroatoms. The zero-order valence-corrected chi connectivity index (χ0v) is 12.3. The van der Waals surface area contributed by atoms with Gasteiger partial charge in [-0.3, -0.25) is 0 Å². The molecule has 3 N–H and O–H groups in total. The van der Waals surface area contributed by atoms with Gasteiger partial charge in [0.15, 0.2) is 0 Å². The quantitative estimate of drug-likeness (QED) is 0.703. The van der Waals surface area contributed by atoms with Crippen LogP contribution in [0.2, 0.25) is 0 Å². The number of carbonyl (C=O) groups excluding carboxylic acids is 1. The largest absolute Gasteiger partial charge is 0.494 e. The topological polar surface area (TPSA) is 70.6 Å². The van der Waals surface area contributed by atoms with Crippen molar-refractivity contribution in [2.75, 3.05) is 13.2 Å². The van der Waals surface area contributed by atoms with E-state index in [4.69, 9.17) is 4.74 Å². The second-order valence-electron chi connectivity index (χ2n) is 5.37. The van der Waals surface area contributed by atoms with E-state index in [0.29, 0.717) is 13.2 Å². The highest BCUT2D eigenvalue weighted by atomic mass is 16.5. The molecule has 2 unspecified atom stereocenters. The molecule has 0 radical (unpaired) electrons. The van der Waals surface area contributed by atoms with Crippen LogP contribution in [-0.4, -0.2) is 36.4 Å². The maximum atomic E-state index is 11.7. The zero-order valence-electron chi connectivity index (χ0n) is 12.3. The Morgan fingerprint density at radius 2 is 2.00 bits per heavy atom. The molecule has 0 bridgehead atoms. The first kappa shape index (κ1) is 15.6. The number of aliphatic hydroxyl groups excluding tert-OH is 1. The Bertz CT molecular complexity index is 425. The van der Waals surface area contributed by atoms with Gasteiger partial charge >= 0.3 is 6.03 Å². The van der Waals surface area contributed by atoms with Crippen molar-refractivity contribution in [2.24, 2.45) is 0 Å². The summed E-state index contributed by atoms with van der Waals surface area (Å²) in [6.45, 7) is 1.12. The first-order chi connectivity index (χ1) is 10.3. The Labute approximate surface area is 125 Å². The molecule has 1 aliphatic carbocycles. The molecule has 2 atom stereocenters. The molecule has 1 aromatic rings. The predicted molar refractivity (Wildman–Crippen MR) is 81.4 cm³/mol. The number of nitrogens with one attached hydrogen (secondary N) is 2. The van der Waals surface area contributed by atoms with E-state index in [9.17, 15) is 9.90 Å². The molecule has 0 aromatic heterocycles. The van der Waals surface area contributed by atoms with Gasteiger partial charge in [-0.05, 0) is 31.4 Å². The molecule has 5 nitrogen and oxygen atoms in total. The zero-order chi connectivity index (χ0) is 14.9. The summed E-state index contributed by atoms with van der Waals surface area (Å²) in [6, 6.07) is 9.29. The molecule has 2 rings (SSSR count). The van der Waals surface area contributed by atoms with Crippen LogP contribution in [0.3, 0.4) is 0 Å². The Balaban J connectivity index is 1.55. The summed E-state index contributed by atoms with van der Waals surface area (Å²) >= 11 is 0. The first-order valence-electron chi connectivity index (χ1n) is 7.66. The van der Waals surface area contributed by atoms with Crippen molar-refractivity contribution >= 4 is 6.03 Å². The van der Waals surface area contributed by atoms with E-state index >= 15 is 0 Å². The van der Waals surface area contributed by atoms with Gasteiger partial charge < -0.3 is 20.5 Å². The fourth-order valence-electron chi connectivity index (χ4n) is 2.48. The Morgan fingerprint density at radius 3 is 2.76 bits per heavy atom. The molecular formula is C16H24N2O3. The van der Waals surface area contributed by atoms with Gasteiger partial charge in [0.1, 0.15) is 5.75 Å². The van der Waals surface area contributed by atoms with E-state index in [1.807, 2.05) is 30.3 Å². The lowest BCUT2D eigenvalue weighted by Crippen LogP contribution is -2.49. The summed E-state index contributed by atoms with van der Waals surface area (Å²) in [5.74, 6) is 0.840. The van der Waals surface area contributed by atoms with E-state index in [1.165, 1.54) is 0 Å². The normalized spacial score (nSPS) is 21.6. The highest BCUT2D eigenvalue weighted by Crippen LogP contribution is 2.18. The fourth-order valence-corrected chi connectivity index (χ4v) is 2.48. The lowest BCUT2D eigenvalue weighted by molar-refractivity contribution is 0.0943. The summed E-state index contributed by atoms with van der Waals surface area (Å²) in [4.78, 5) is 11.7. The summed E-state index contributed by atoms with van der Waals surface area (Å²) < 4.78 is 5.54. The number of hydrogen-bond donors (Lipinski definition) is 3. The molecule has 0 saturated heterocycles. The molecule has 1 aliphatic rings. The van der Waals surface area contributed by atoms with Crippen molar-refractivity contribution in [1.82, 2.24) is 10.6 Å². The molecular weight excluding hydrogens is 268 g/mol. The van der Waals surface area contributed by atoms with Crippen LogP contribution < -0.4 is 15.4 Å². The number of para-hydroxylation sites is 1. The second kappa shape index (κ2) is 8.52. The lowest BCUT2D eigenvalue weighted by Gasteiger charge is -2.28. The number of amides is 2. The maximum Gasteiger partial charge on any atom is 0.315 e. The molecule has 0 heterocycles. The number of hydrogen-bond acceptors (Lipinski definition) is 3. The number of rotatable bonds is 6. The second-order valence-corrected chi connectivity index (χ2v) is 5.37. The Kier molecular flexibility index (Phi) is 6.34. The van der Waals surface area contributed by atoms with Crippen LogP contribution in [0.4, 0.5) is 4.79 Å². The molecule has 1 aromatic carbocycles. The van der Waals surface area contributed by atoms with Gasteiger partial charge in [0.25, 0.3) is 0 Å². The average Bonchev–Trinajstić information content (AvgIpc) is 2.50. The minimum Gasteiger partial charge on any atom is -0.494 e. The summed E-state index contributed by atoms with van der Waals surface area (Å²) in [5, 5.41) is 15.4. The number of ether oxygens (including phenoxy) is 1. The summed E-state index contributed by atoms with van der Waals surface area (Å²) in [5.41, 5.74) is 0. The van der Waals surface area contributed by atoms with Crippen molar-refractivity contribution in [2.45, 2.75) is 44.2 Å². The smallest absolute Gasteiger partial charge is 0.315 e. The highest BCUT2D eigenvalue weighted by Gasteiger charge is 2.24. The van der Waals surface area contributed by atoms with Crippen LogP contribution in [0.1, 0.15) is 32.1 Å². The molecule has 0 spiro atoms. The molecule has 21 heavy (non-hydrogen) atoms. The molecule has 116 valence electrons. The van der Waals surface area contributed by atoms with Crippen molar-refractivity contribution < 1.29 is 14.6 Å². The van der Waals surface area contributed by atoms with Gasteiger partial charge in [-0.25, -0.2) is 4.79 Å². The van der Waals surface area contributed by atoms with Crippen LogP contribution in [0, 0.1) is 0 Å². The number of urea groups is 1. The van der Waals surface area contributed by atoms with Crippen molar-refractivity contribution in [3.63, 3.8) is 0 Å². The SMILES string of the molecule is O=C(NCCCOc1ccccc1)NC1CCCCC1O. The number of benzene rings is 1. The highest BCUT2D eigenvalue weighted by molar-refractivity contribution is 5.74. The van der Waals surface area contributed by atoms with Crippen LogP contribution >= 0.6 is 0 Å². The molecule has 2 amide bonds. The lowest BCUT2D eigenvalue weighted by atomic mass is 9.93. The average molecular weight is 292 g/mol. The minimum absolute atomic E-state index is 0.112. The maximum absolute atomic E-state index is 11.7. The minimum atomic E-state index is -0.411. The van der Waals surface area contributed by atoms with Crippen LogP contribution in [0.15, 0.2) is 30.3 Å². The Morgan fingerprint density at radius 1 is 1.24 bits per heavy atom. The van der Waals surface area contributed by atoms with Gasteiger partial charge in [0.05, 0.1) is 18.8 Å². The molecule has 1 saturated carbocycles. The monoisotopic (exact) mass is 292 g/mol. The van der Waals surface area contributed by atoms with Gasteiger partial charge in [-0.2, -0.15) is 0 Å². The van der Waals surface area contributed by atoms with E-state index < -0.39 is 6.10 Å². The summed E-state index contributed by atoms with van der Waals surface area (Å²) in [7, 11) is 0. The third kappa shape index (κ3) is 5.63. The molecule has 1 fully saturated rings. The first-order valence-corrected chi connectivity index (χ1v) is 7.66. The standard InChI is InChI=1S/C16H24N2O3/c19-15-10-5-4-9-14(15)18-16(20)17-11-6-12-21-13-7-2-1-3-8-13/h1-3,7-8,14-15,19H,4-6,9-12H2,(H2,17,18,20). The Hall–Kier alpha value is -1.75. The van der Waals surface area contributed by atoms with E-state index in [2.05, 4.69) is 10.6 Å². The van der Waals surface area contributed by atoms with E-state index in [-0.39, 0.29) is 12.1 Å².